The Morgan fingerprint density at radius 1 is 1.32 bits per heavy atom. The molecule has 2 N–H and O–H groups in total. The Kier molecular flexibility index (Phi) is 5.91. The number of amides is 1. The zero-order valence-corrected chi connectivity index (χ0v) is 16.3. The summed E-state index contributed by atoms with van der Waals surface area (Å²) in [5.74, 6) is 0.196. The molecule has 0 atom stereocenters. The second-order valence-corrected chi connectivity index (χ2v) is 7.76. The average Bonchev–Trinajstić information content (AvgIpc) is 2.99. The van der Waals surface area contributed by atoms with Crippen LogP contribution in [0.1, 0.15) is 54.4 Å². The van der Waals surface area contributed by atoms with Crippen molar-refractivity contribution in [3.05, 3.63) is 51.8 Å². The predicted molar refractivity (Wildman–Crippen MR) is 103 cm³/mol. The molecule has 1 fully saturated rings. The Morgan fingerprint density at radius 3 is 2.60 bits per heavy atom. The third kappa shape index (κ3) is 4.50. The number of aromatic nitrogens is 2. The van der Waals surface area contributed by atoms with E-state index >= 15 is 0 Å². The summed E-state index contributed by atoms with van der Waals surface area (Å²) in [6.45, 7) is 7.12. The number of nitrogens with one attached hydrogen (secondary N) is 2. The normalized spacial score (nSPS) is 16.3. The highest BCUT2D eigenvalue weighted by atomic mass is 79.9. The minimum atomic E-state index is -0.100. The summed E-state index contributed by atoms with van der Waals surface area (Å²) in [5, 5.41) is 10.3. The van der Waals surface area contributed by atoms with Crippen molar-refractivity contribution in [2.45, 2.75) is 45.2 Å². The molecule has 0 radical (unpaired) electrons. The lowest BCUT2D eigenvalue weighted by Crippen LogP contribution is -2.44. The molecule has 2 aromatic rings. The summed E-state index contributed by atoms with van der Waals surface area (Å²) in [4.78, 5) is 14.9. The van der Waals surface area contributed by atoms with Gasteiger partial charge in [0.15, 0.2) is 5.69 Å². The molecule has 1 aliphatic rings. The zero-order chi connectivity index (χ0) is 17.8. The van der Waals surface area contributed by atoms with Gasteiger partial charge in [0.25, 0.3) is 5.91 Å². The predicted octanol–water partition coefficient (Wildman–Crippen LogP) is 3.69. The molecule has 0 bridgehead atoms. The molecule has 1 aromatic heterocycles. The van der Waals surface area contributed by atoms with Gasteiger partial charge in [-0.15, -0.1) is 0 Å². The number of halogens is 1. The first-order valence-electron chi connectivity index (χ1n) is 8.85. The Balaban J connectivity index is 1.51. The minimum Gasteiger partial charge on any atom is -0.348 e. The van der Waals surface area contributed by atoms with Gasteiger partial charge < -0.3 is 5.32 Å². The van der Waals surface area contributed by atoms with Crippen molar-refractivity contribution in [1.29, 1.82) is 0 Å². The molecule has 1 aliphatic heterocycles. The van der Waals surface area contributed by atoms with E-state index in [9.17, 15) is 4.79 Å². The summed E-state index contributed by atoms with van der Waals surface area (Å²) >= 11 is 3.50. The Hall–Kier alpha value is -1.66. The van der Waals surface area contributed by atoms with E-state index in [1.165, 1.54) is 5.56 Å². The van der Waals surface area contributed by atoms with Crippen LogP contribution in [0.25, 0.3) is 0 Å². The third-order valence-corrected chi connectivity index (χ3v) is 5.50. The summed E-state index contributed by atoms with van der Waals surface area (Å²) < 4.78 is 0.779. The summed E-state index contributed by atoms with van der Waals surface area (Å²) in [6, 6.07) is 10.7. The van der Waals surface area contributed by atoms with E-state index in [1.807, 2.05) is 6.07 Å². The molecule has 2 heterocycles. The summed E-state index contributed by atoms with van der Waals surface area (Å²) in [7, 11) is 0. The van der Waals surface area contributed by atoms with Crippen molar-refractivity contribution in [3.8, 4) is 0 Å². The van der Waals surface area contributed by atoms with Crippen molar-refractivity contribution in [2.75, 3.05) is 13.1 Å². The fourth-order valence-electron chi connectivity index (χ4n) is 3.21. The summed E-state index contributed by atoms with van der Waals surface area (Å²) in [5.41, 5.74) is 2.75. The monoisotopic (exact) mass is 404 g/mol. The molecular weight excluding hydrogens is 380 g/mol. The van der Waals surface area contributed by atoms with Crippen LogP contribution < -0.4 is 5.32 Å². The number of aromatic amines is 1. The smallest absolute Gasteiger partial charge is 0.273 e. The molecule has 1 aromatic carbocycles. The van der Waals surface area contributed by atoms with Crippen LogP contribution in [0, 0.1) is 0 Å². The number of carbonyl (C=O) groups is 1. The lowest BCUT2D eigenvalue weighted by atomic mass is 10.0. The fraction of sp³-hybridized carbons (Fsp3) is 0.474. The molecule has 0 spiro atoms. The van der Waals surface area contributed by atoms with E-state index in [1.54, 1.807) is 0 Å². The molecule has 5 nitrogen and oxygen atoms in total. The Bertz CT molecular complexity index is 705. The van der Waals surface area contributed by atoms with Crippen LogP contribution in [-0.4, -0.2) is 40.1 Å². The maximum atomic E-state index is 12.5. The molecule has 6 heteroatoms. The van der Waals surface area contributed by atoms with Crippen LogP contribution in [0.4, 0.5) is 0 Å². The van der Waals surface area contributed by atoms with Crippen molar-refractivity contribution in [2.24, 2.45) is 0 Å². The first kappa shape index (κ1) is 18.1. The minimum absolute atomic E-state index is 0.100. The first-order valence-corrected chi connectivity index (χ1v) is 9.64. The highest BCUT2D eigenvalue weighted by molar-refractivity contribution is 9.10. The standard InChI is InChI=1S/C19H25BrN4O/c1-13(2)17-16(20)18(23-22-17)19(25)21-15-8-10-24(11-9-15)12-14-6-4-3-5-7-14/h3-7,13,15H,8-12H2,1-2H3,(H,21,25)(H,22,23). The second kappa shape index (κ2) is 8.15. The highest BCUT2D eigenvalue weighted by Crippen LogP contribution is 2.25. The molecule has 25 heavy (non-hydrogen) atoms. The maximum absolute atomic E-state index is 12.5. The van der Waals surface area contributed by atoms with Crippen molar-refractivity contribution in [3.63, 3.8) is 0 Å². The molecule has 1 saturated heterocycles. The highest BCUT2D eigenvalue weighted by Gasteiger charge is 2.24. The van der Waals surface area contributed by atoms with Gasteiger partial charge in [0.2, 0.25) is 0 Å². The maximum Gasteiger partial charge on any atom is 0.273 e. The van der Waals surface area contributed by atoms with Crippen LogP contribution in [0.3, 0.4) is 0 Å². The number of rotatable bonds is 5. The number of hydrogen-bond donors (Lipinski definition) is 2. The molecular formula is C19H25BrN4O. The number of H-pyrrole nitrogens is 1. The van der Waals surface area contributed by atoms with Crippen molar-refractivity contribution >= 4 is 21.8 Å². The van der Waals surface area contributed by atoms with Gasteiger partial charge in [-0.1, -0.05) is 44.2 Å². The quantitative estimate of drug-likeness (QED) is 0.798. The molecule has 0 saturated carbocycles. The second-order valence-electron chi connectivity index (χ2n) is 6.96. The van der Waals surface area contributed by atoms with Crippen LogP contribution in [0.2, 0.25) is 0 Å². The van der Waals surface area contributed by atoms with E-state index in [0.717, 1.165) is 42.6 Å². The van der Waals surface area contributed by atoms with Gasteiger partial charge in [-0.2, -0.15) is 5.10 Å². The van der Waals surface area contributed by atoms with E-state index in [4.69, 9.17) is 0 Å². The zero-order valence-electron chi connectivity index (χ0n) is 14.8. The van der Waals surface area contributed by atoms with Gasteiger partial charge in [0.1, 0.15) is 0 Å². The van der Waals surface area contributed by atoms with Gasteiger partial charge in [0, 0.05) is 25.7 Å². The van der Waals surface area contributed by atoms with Crippen LogP contribution in [0.15, 0.2) is 34.8 Å². The number of carbonyl (C=O) groups excluding carboxylic acids is 1. The Labute approximate surface area is 157 Å². The van der Waals surface area contributed by atoms with Crippen molar-refractivity contribution in [1.82, 2.24) is 20.4 Å². The Morgan fingerprint density at radius 2 is 2.00 bits per heavy atom. The molecule has 1 amide bonds. The van der Waals surface area contributed by atoms with Crippen LogP contribution in [0.5, 0.6) is 0 Å². The third-order valence-electron chi connectivity index (χ3n) is 4.70. The van der Waals surface area contributed by atoms with E-state index in [-0.39, 0.29) is 11.9 Å². The fourth-order valence-corrected chi connectivity index (χ4v) is 4.02. The number of nitrogens with zero attached hydrogens (tertiary/aromatic N) is 2. The van der Waals surface area contributed by atoms with E-state index in [0.29, 0.717) is 11.6 Å². The van der Waals surface area contributed by atoms with Gasteiger partial charge >= 0.3 is 0 Å². The summed E-state index contributed by atoms with van der Waals surface area (Å²) in [6.07, 6.45) is 1.94. The first-order chi connectivity index (χ1) is 12.0. The van der Waals surface area contributed by atoms with Crippen LogP contribution >= 0.6 is 15.9 Å². The molecule has 0 unspecified atom stereocenters. The largest absolute Gasteiger partial charge is 0.348 e. The lowest BCUT2D eigenvalue weighted by molar-refractivity contribution is 0.0903. The van der Waals surface area contributed by atoms with Gasteiger partial charge in [-0.05, 0) is 40.3 Å². The van der Waals surface area contributed by atoms with Gasteiger partial charge in [0.05, 0.1) is 10.2 Å². The van der Waals surface area contributed by atoms with Crippen molar-refractivity contribution < 1.29 is 4.79 Å². The number of piperidine rings is 1. The van der Waals surface area contributed by atoms with Crippen LogP contribution in [-0.2, 0) is 6.54 Å². The van der Waals surface area contributed by atoms with Gasteiger partial charge in [-0.3, -0.25) is 14.8 Å². The molecule has 0 aliphatic carbocycles. The molecule has 3 rings (SSSR count). The SMILES string of the molecule is CC(C)c1[nH]nc(C(=O)NC2CCN(Cc3ccccc3)CC2)c1Br. The lowest BCUT2D eigenvalue weighted by Gasteiger charge is -2.32. The average molecular weight is 405 g/mol. The van der Waals surface area contributed by atoms with E-state index < -0.39 is 0 Å². The van der Waals surface area contributed by atoms with Gasteiger partial charge in [-0.25, -0.2) is 0 Å². The molecule has 134 valence electrons. The topological polar surface area (TPSA) is 61.0 Å². The number of likely N-dealkylation sites (tertiary alicyclic amines) is 1. The van der Waals surface area contributed by atoms with E-state index in [2.05, 4.69) is 74.5 Å². The number of benzene rings is 1. The number of hydrogen-bond acceptors (Lipinski definition) is 3.